The normalized spacial score (nSPS) is 14.5. The topological polar surface area (TPSA) is 66.5 Å². The summed E-state index contributed by atoms with van der Waals surface area (Å²) >= 11 is 1.36. The maximum atomic E-state index is 12.3. The van der Waals surface area contributed by atoms with E-state index in [4.69, 9.17) is 0 Å². The summed E-state index contributed by atoms with van der Waals surface area (Å²) in [6.45, 7) is 1.87. The average Bonchev–Trinajstić information content (AvgIpc) is 3.06. The molecule has 3 amide bonds. The molecule has 1 aromatic heterocycles. The summed E-state index contributed by atoms with van der Waals surface area (Å²) in [6.07, 6.45) is 0.427. The fourth-order valence-electron chi connectivity index (χ4n) is 2.40. The number of thiophene rings is 1. The van der Waals surface area contributed by atoms with Crippen molar-refractivity contribution in [2.45, 2.75) is 19.8 Å². The highest BCUT2D eigenvalue weighted by atomic mass is 32.1. The van der Waals surface area contributed by atoms with E-state index in [-0.39, 0.29) is 30.6 Å². The van der Waals surface area contributed by atoms with Crippen molar-refractivity contribution < 1.29 is 14.4 Å². The summed E-state index contributed by atoms with van der Waals surface area (Å²) in [4.78, 5) is 37.9. The average molecular weight is 314 g/mol. The molecule has 1 aliphatic rings. The first-order valence-corrected chi connectivity index (χ1v) is 7.76. The predicted octanol–water partition coefficient (Wildman–Crippen LogP) is 2.96. The Morgan fingerprint density at radius 3 is 2.45 bits per heavy atom. The Hall–Kier alpha value is -2.47. The van der Waals surface area contributed by atoms with Crippen LogP contribution in [0.25, 0.3) is 0 Å². The van der Waals surface area contributed by atoms with Crippen molar-refractivity contribution in [3.8, 4) is 0 Å². The maximum absolute atomic E-state index is 12.3. The van der Waals surface area contributed by atoms with Crippen molar-refractivity contribution in [2.75, 3.05) is 10.2 Å². The Morgan fingerprint density at radius 2 is 1.82 bits per heavy atom. The van der Waals surface area contributed by atoms with E-state index < -0.39 is 0 Å². The third-order valence-electron chi connectivity index (χ3n) is 3.51. The minimum absolute atomic E-state index is 0.213. The molecule has 0 unspecified atom stereocenters. The SMILES string of the molecule is Cc1ccsc1C(=O)Nc1ccccc1N1C(=O)CCC1=O. The molecule has 112 valence electrons. The Balaban J connectivity index is 1.92. The van der Waals surface area contributed by atoms with Gasteiger partial charge in [-0.05, 0) is 36.1 Å². The molecule has 0 aliphatic carbocycles. The Kier molecular flexibility index (Phi) is 3.77. The molecule has 3 rings (SSSR count). The molecule has 1 fully saturated rings. The molecule has 1 aliphatic heterocycles. The van der Waals surface area contributed by atoms with E-state index in [0.29, 0.717) is 16.3 Å². The monoisotopic (exact) mass is 314 g/mol. The van der Waals surface area contributed by atoms with Crippen molar-refractivity contribution in [1.82, 2.24) is 0 Å². The number of nitrogens with zero attached hydrogens (tertiary/aromatic N) is 1. The molecule has 22 heavy (non-hydrogen) atoms. The fourth-order valence-corrected chi connectivity index (χ4v) is 3.22. The number of hydrogen-bond acceptors (Lipinski definition) is 4. The molecular weight excluding hydrogens is 300 g/mol. The highest BCUT2D eigenvalue weighted by molar-refractivity contribution is 7.12. The van der Waals surface area contributed by atoms with Gasteiger partial charge >= 0.3 is 0 Å². The van der Waals surface area contributed by atoms with Gasteiger partial charge in [-0.1, -0.05) is 12.1 Å². The smallest absolute Gasteiger partial charge is 0.266 e. The molecule has 6 heteroatoms. The van der Waals surface area contributed by atoms with E-state index in [1.54, 1.807) is 24.3 Å². The quantitative estimate of drug-likeness (QED) is 0.886. The standard InChI is InChI=1S/C16H14N2O3S/c1-10-8-9-22-15(10)16(21)17-11-4-2-3-5-12(11)18-13(19)6-7-14(18)20/h2-5,8-9H,6-7H2,1H3,(H,17,21). The largest absolute Gasteiger partial charge is 0.319 e. The highest BCUT2D eigenvalue weighted by Gasteiger charge is 2.32. The second-order valence-electron chi connectivity index (χ2n) is 5.03. The van der Waals surface area contributed by atoms with Crippen LogP contribution in [-0.4, -0.2) is 17.7 Å². The highest BCUT2D eigenvalue weighted by Crippen LogP contribution is 2.30. The third-order valence-corrected chi connectivity index (χ3v) is 4.53. The molecular formula is C16H14N2O3S. The molecule has 1 N–H and O–H groups in total. The van der Waals surface area contributed by atoms with Crippen LogP contribution in [0.15, 0.2) is 35.7 Å². The molecule has 0 spiro atoms. The molecule has 0 atom stereocenters. The van der Waals surface area contributed by atoms with Gasteiger partial charge in [-0.3, -0.25) is 14.4 Å². The van der Waals surface area contributed by atoms with E-state index in [1.165, 1.54) is 11.3 Å². The Morgan fingerprint density at radius 1 is 1.14 bits per heavy atom. The van der Waals surface area contributed by atoms with E-state index in [1.807, 2.05) is 18.4 Å². The lowest BCUT2D eigenvalue weighted by Crippen LogP contribution is -2.29. The molecule has 1 aromatic carbocycles. The molecule has 0 saturated carbocycles. The third kappa shape index (κ3) is 2.53. The van der Waals surface area contributed by atoms with Gasteiger partial charge in [-0.15, -0.1) is 11.3 Å². The van der Waals surface area contributed by atoms with E-state index in [2.05, 4.69) is 5.32 Å². The minimum Gasteiger partial charge on any atom is -0.319 e. The number of benzene rings is 1. The lowest BCUT2D eigenvalue weighted by Gasteiger charge is -2.18. The number of rotatable bonds is 3. The summed E-state index contributed by atoms with van der Waals surface area (Å²) in [6, 6.07) is 8.72. The summed E-state index contributed by atoms with van der Waals surface area (Å²) in [5.74, 6) is -0.711. The number of amides is 3. The zero-order valence-corrected chi connectivity index (χ0v) is 12.8. The molecule has 5 nitrogen and oxygen atoms in total. The van der Waals surface area contributed by atoms with Crippen LogP contribution >= 0.6 is 11.3 Å². The molecule has 2 heterocycles. The van der Waals surface area contributed by atoms with Gasteiger partial charge in [0.15, 0.2) is 0 Å². The van der Waals surface area contributed by atoms with Crippen molar-refractivity contribution in [1.29, 1.82) is 0 Å². The second-order valence-corrected chi connectivity index (χ2v) is 5.94. The van der Waals surface area contributed by atoms with Gasteiger partial charge in [0.05, 0.1) is 16.3 Å². The van der Waals surface area contributed by atoms with Crippen LogP contribution in [0, 0.1) is 6.92 Å². The summed E-state index contributed by atoms with van der Waals surface area (Å²) < 4.78 is 0. The number of nitrogens with one attached hydrogen (secondary N) is 1. The van der Waals surface area contributed by atoms with E-state index >= 15 is 0 Å². The van der Waals surface area contributed by atoms with Gasteiger partial charge in [0.1, 0.15) is 0 Å². The first-order chi connectivity index (χ1) is 10.6. The zero-order chi connectivity index (χ0) is 15.7. The number of aryl methyl sites for hydroxylation is 1. The van der Waals surface area contributed by atoms with E-state index in [9.17, 15) is 14.4 Å². The number of para-hydroxylation sites is 2. The van der Waals surface area contributed by atoms with Crippen LogP contribution < -0.4 is 10.2 Å². The molecule has 1 saturated heterocycles. The van der Waals surface area contributed by atoms with Gasteiger partial charge in [0, 0.05) is 12.8 Å². The minimum atomic E-state index is -0.237. The van der Waals surface area contributed by atoms with Crippen molar-refractivity contribution in [3.63, 3.8) is 0 Å². The van der Waals surface area contributed by atoms with Gasteiger partial charge in [-0.25, -0.2) is 4.90 Å². The fraction of sp³-hybridized carbons (Fsp3) is 0.188. The van der Waals surface area contributed by atoms with Crippen molar-refractivity contribution in [2.24, 2.45) is 0 Å². The number of anilines is 2. The number of imide groups is 1. The molecule has 2 aromatic rings. The van der Waals surface area contributed by atoms with Crippen LogP contribution in [-0.2, 0) is 9.59 Å². The summed E-state index contributed by atoms with van der Waals surface area (Å²) in [7, 11) is 0. The number of carbonyl (C=O) groups is 3. The lowest BCUT2D eigenvalue weighted by atomic mass is 10.2. The van der Waals surface area contributed by atoms with Crippen LogP contribution in [0.1, 0.15) is 28.1 Å². The van der Waals surface area contributed by atoms with Crippen LogP contribution in [0.3, 0.4) is 0 Å². The predicted molar refractivity (Wildman–Crippen MR) is 85.2 cm³/mol. The summed E-state index contributed by atoms with van der Waals surface area (Å²) in [5, 5.41) is 4.65. The summed E-state index contributed by atoms with van der Waals surface area (Å²) in [5.41, 5.74) is 1.79. The van der Waals surface area contributed by atoms with Crippen molar-refractivity contribution >= 4 is 40.4 Å². The first-order valence-electron chi connectivity index (χ1n) is 6.88. The van der Waals surface area contributed by atoms with Gasteiger partial charge in [0.25, 0.3) is 5.91 Å². The molecule has 0 radical (unpaired) electrons. The Bertz CT molecular complexity index is 750. The first kappa shape index (κ1) is 14.5. The van der Waals surface area contributed by atoms with E-state index in [0.717, 1.165) is 10.5 Å². The second kappa shape index (κ2) is 5.73. The van der Waals surface area contributed by atoms with Gasteiger partial charge < -0.3 is 5.32 Å². The van der Waals surface area contributed by atoms with Crippen molar-refractivity contribution in [3.05, 3.63) is 46.2 Å². The Labute approximate surface area is 131 Å². The number of carbonyl (C=O) groups excluding carboxylic acids is 3. The zero-order valence-electron chi connectivity index (χ0n) is 12.0. The van der Waals surface area contributed by atoms with Crippen LogP contribution in [0.5, 0.6) is 0 Å². The van der Waals surface area contributed by atoms with Gasteiger partial charge in [-0.2, -0.15) is 0 Å². The van der Waals surface area contributed by atoms with Gasteiger partial charge in [0.2, 0.25) is 11.8 Å². The lowest BCUT2D eigenvalue weighted by molar-refractivity contribution is -0.121. The molecule has 0 bridgehead atoms. The van der Waals surface area contributed by atoms with Crippen LogP contribution in [0.4, 0.5) is 11.4 Å². The number of hydrogen-bond donors (Lipinski definition) is 1. The maximum Gasteiger partial charge on any atom is 0.266 e. The van der Waals surface area contributed by atoms with Crippen LogP contribution in [0.2, 0.25) is 0 Å².